The number of benzene rings is 1. The van der Waals surface area contributed by atoms with Gasteiger partial charge < -0.3 is 15.2 Å². The molecule has 1 aliphatic rings. The third-order valence-corrected chi connectivity index (χ3v) is 2.57. The Bertz CT molecular complexity index is 372. The third kappa shape index (κ3) is 2.52. The van der Waals surface area contributed by atoms with Crippen molar-refractivity contribution < 1.29 is 14.3 Å². The Balaban J connectivity index is 1.99. The van der Waals surface area contributed by atoms with E-state index in [4.69, 9.17) is 15.2 Å². The van der Waals surface area contributed by atoms with Gasteiger partial charge in [0.25, 0.3) is 0 Å². The normalized spacial score (nSPS) is 20.4. The molecule has 1 saturated heterocycles. The Hall–Kier alpha value is -1.55. The number of ether oxygens (including phenoxy) is 2. The number of carbonyl (C=O) groups is 1. The molecule has 2 N–H and O–H groups in total. The van der Waals surface area contributed by atoms with Crippen LogP contribution in [0, 0.1) is 0 Å². The first kappa shape index (κ1) is 11.0. The van der Waals surface area contributed by atoms with Crippen LogP contribution in [0.1, 0.15) is 19.3 Å². The number of para-hydroxylation sites is 2. The van der Waals surface area contributed by atoms with Crippen LogP contribution in [0.3, 0.4) is 0 Å². The number of carbonyl (C=O) groups excluding carboxylic acids is 1. The molecule has 1 unspecified atom stereocenters. The first-order valence-electron chi connectivity index (χ1n) is 5.45. The van der Waals surface area contributed by atoms with Gasteiger partial charge in [-0.25, -0.2) is 4.79 Å². The predicted molar refractivity (Wildman–Crippen MR) is 60.1 cm³/mol. The van der Waals surface area contributed by atoms with Gasteiger partial charge in [-0.1, -0.05) is 12.1 Å². The van der Waals surface area contributed by atoms with Crippen LogP contribution >= 0.6 is 0 Å². The number of nitrogens with two attached hydrogens (primary N) is 1. The molecule has 1 fully saturated rings. The van der Waals surface area contributed by atoms with Crippen molar-refractivity contribution in [3.05, 3.63) is 24.3 Å². The number of anilines is 1. The van der Waals surface area contributed by atoms with Gasteiger partial charge in [-0.05, 0) is 31.4 Å². The minimum Gasteiger partial charge on any atom is -0.422 e. The molecule has 4 heteroatoms. The summed E-state index contributed by atoms with van der Waals surface area (Å²) in [7, 11) is 0. The van der Waals surface area contributed by atoms with Crippen LogP contribution in [0.5, 0.6) is 5.75 Å². The molecule has 0 amide bonds. The summed E-state index contributed by atoms with van der Waals surface area (Å²) < 4.78 is 10.5. The topological polar surface area (TPSA) is 61.5 Å². The van der Waals surface area contributed by atoms with E-state index in [-0.39, 0.29) is 5.97 Å². The Kier molecular flexibility index (Phi) is 3.41. The molecule has 1 heterocycles. The minimum absolute atomic E-state index is 0.349. The average Bonchev–Trinajstić information content (AvgIpc) is 2.33. The zero-order valence-electron chi connectivity index (χ0n) is 9.02. The molecule has 1 aliphatic heterocycles. The Labute approximate surface area is 94.3 Å². The molecular weight excluding hydrogens is 206 g/mol. The molecule has 0 aromatic heterocycles. The summed E-state index contributed by atoms with van der Waals surface area (Å²) in [5, 5.41) is 0. The van der Waals surface area contributed by atoms with E-state index in [9.17, 15) is 4.79 Å². The maximum absolute atomic E-state index is 11.7. The quantitative estimate of drug-likeness (QED) is 0.469. The Morgan fingerprint density at radius 2 is 2.19 bits per heavy atom. The highest BCUT2D eigenvalue weighted by Crippen LogP contribution is 2.22. The van der Waals surface area contributed by atoms with E-state index in [0.717, 1.165) is 19.3 Å². The minimum atomic E-state index is -0.437. The molecule has 16 heavy (non-hydrogen) atoms. The summed E-state index contributed by atoms with van der Waals surface area (Å²) in [5.41, 5.74) is 6.14. The molecule has 0 aliphatic carbocycles. The summed E-state index contributed by atoms with van der Waals surface area (Å²) in [4.78, 5) is 11.7. The van der Waals surface area contributed by atoms with Gasteiger partial charge in [-0.3, -0.25) is 0 Å². The first-order chi connectivity index (χ1) is 7.77. The van der Waals surface area contributed by atoms with Gasteiger partial charge in [-0.2, -0.15) is 0 Å². The van der Waals surface area contributed by atoms with Gasteiger partial charge >= 0.3 is 5.97 Å². The molecule has 1 aromatic carbocycles. The summed E-state index contributed by atoms with van der Waals surface area (Å²) >= 11 is 0. The summed E-state index contributed by atoms with van der Waals surface area (Å²) in [5.74, 6) is 0.0549. The lowest BCUT2D eigenvalue weighted by molar-refractivity contribution is -0.150. The first-order valence-corrected chi connectivity index (χ1v) is 5.45. The second-order valence-electron chi connectivity index (χ2n) is 3.81. The van der Waals surface area contributed by atoms with Gasteiger partial charge in [0.05, 0.1) is 5.69 Å². The Morgan fingerprint density at radius 3 is 2.88 bits per heavy atom. The van der Waals surface area contributed by atoms with E-state index < -0.39 is 6.10 Å². The second kappa shape index (κ2) is 4.99. The highest BCUT2D eigenvalue weighted by atomic mass is 16.6. The van der Waals surface area contributed by atoms with Crippen molar-refractivity contribution in [2.75, 3.05) is 12.3 Å². The van der Waals surface area contributed by atoms with Crippen molar-refractivity contribution in [2.24, 2.45) is 0 Å². The van der Waals surface area contributed by atoms with Crippen molar-refractivity contribution in [2.45, 2.75) is 25.4 Å². The number of nitrogen functional groups attached to an aromatic ring is 1. The fraction of sp³-hybridized carbons (Fsp3) is 0.417. The van der Waals surface area contributed by atoms with Crippen molar-refractivity contribution in [3.8, 4) is 5.75 Å². The van der Waals surface area contributed by atoms with E-state index in [0.29, 0.717) is 18.0 Å². The predicted octanol–water partition coefficient (Wildman–Crippen LogP) is 1.74. The molecule has 1 atom stereocenters. The summed E-state index contributed by atoms with van der Waals surface area (Å²) in [6.07, 6.45) is 2.31. The van der Waals surface area contributed by atoms with Gasteiger partial charge in [0.2, 0.25) is 0 Å². The number of rotatable bonds is 2. The largest absolute Gasteiger partial charge is 0.422 e. The monoisotopic (exact) mass is 221 g/mol. The molecule has 1 aromatic rings. The fourth-order valence-corrected chi connectivity index (χ4v) is 1.67. The SMILES string of the molecule is Nc1ccccc1OC(=O)C1CCCCO1. The van der Waals surface area contributed by atoms with Crippen LogP contribution in [-0.4, -0.2) is 18.7 Å². The van der Waals surface area contributed by atoms with Crippen LogP contribution in [0.15, 0.2) is 24.3 Å². The van der Waals surface area contributed by atoms with Crippen molar-refractivity contribution in [3.63, 3.8) is 0 Å². The molecule has 0 spiro atoms. The zero-order chi connectivity index (χ0) is 11.4. The highest BCUT2D eigenvalue weighted by Gasteiger charge is 2.24. The lowest BCUT2D eigenvalue weighted by atomic mass is 10.1. The van der Waals surface area contributed by atoms with E-state index in [1.165, 1.54) is 0 Å². The molecule has 86 valence electrons. The maximum Gasteiger partial charge on any atom is 0.340 e. The van der Waals surface area contributed by atoms with Crippen molar-refractivity contribution >= 4 is 11.7 Å². The molecule has 0 saturated carbocycles. The third-order valence-electron chi connectivity index (χ3n) is 2.57. The highest BCUT2D eigenvalue weighted by molar-refractivity contribution is 5.78. The molecule has 0 radical (unpaired) electrons. The van der Waals surface area contributed by atoms with E-state index in [1.54, 1.807) is 24.3 Å². The molecule has 0 bridgehead atoms. The number of hydrogen-bond acceptors (Lipinski definition) is 4. The van der Waals surface area contributed by atoms with Gasteiger partial charge in [0, 0.05) is 6.61 Å². The number of hydrogen-bond donors (Lipinski definition) is 1. The van der Waals surface area contributed by atoms with Crippen LogP contribution < -0.4 is 10.5 Å². The lowest BCUT2D eigenvalue weighted by Gasteiger charge is -2.20. The molecule has 4 nitrogen and oxygen atoms in total. The molecule has 2 rings (SSSR count). The van der Waals surface area contributed by atoms with Gasteiger partial charge in [0.1, 0.15) is 0 Å². The van der Waals surface area contributed by atoms with Gasteiger partial charge in [0.15, 0.2) is 11.9 Å². The van der Waals surface area contributed by atoms with Crippen LogP contribution in [0.25, 0.3) is 0 Å². The van der Waals surface area contributed by atoms with Crippen LogP contribution in [0.2, 0.25) is 0 Å². The van der Waals surface area contributed by atoms with E-state index in [1.807, 2.05) is 0 Å². The molecular formula is C12H15NO3. The van der Waals surface area contributed by atoms with Crippen molar-refractivity contribution in [1.82, 2.24) is 0 Å². The summed E-state index contributed by atoms with van der Waals surface area (Å²) in [6, 6.07) is 6.95. The standard InChI is InChI=1S/C12H15NO3/c13-9-5-1-2-6-10(9)16-12(14)11-7-3-4-8-15-11/h1-2,5-6,11H,3-4,7-8,13H2. The lowest BCUT2D eigenvalue weighted by Crippen LogP contribution is -2.31. The average molecular weight is 221 g/mol. The number of esters is 1. The maximum atomic E-state index is 11.7. The second-order valence-corrected chi connectivity index (χ2v) is 3.81. The fourth-order valence-electron chi connectivity index (χ4n) is 1.67. The van der Waals surface area contributed by atoms with Crippen molar-refractivity contribution in [1.29, 1.82) is 0 Å². The zero-order valence-corrected chi connectivity index (χ0v) is 9.02. The van der Waals surface area contributed by atoms with E-state index >= 15 is 0 Å². The van der Waals surface area contributed by atoms with Gasteiger partial charge in [-0.15, -0.1) is 0 Å². The smallest absolute Gasteiger partial charge is 0.340 e. The van der Waals surface area contributed by atoms with E-state index in [2.05, 4.69) is 0 Å². The Morgan fingerprint density at radius 1 is 1.38 bits per heavy atom. The van der Waals surface area contributed by atoms with Crippen LogP contribution in [0.4, 0.5) is 5.69 Å². The van der Waals surface area contributed by atoms with Crippen LogP contribution in [-0.2, 0) is 9.53 Å². The summed E-state index contributed by atoms with van der Waals surface area (Å²) in [6.45, 7) is 0.629.